The van der Waals surface area contributed by atoms with Gasteiger partial charge in [-0.3, -0.25) is 9.78 Å². The van der Waals surface area contributed by atoms with Crippen molar-refractivity contribution in [3.05, 3.63) is 41.6 Å². The highest BCUT2D eigenvalue weighted by molar-refractivity contribution is 6.06. The molecule has 2 aliphatic rings. The molecule has 2 unspecified atom stereocenters. The lowest BCUT2D eigenvalue weighted by Gasteiger charge is -2.34. The Balaban J connectivity index is 0.00000104. The van der Waals surface area contributed by atoms with E-state index in [4.69, 9.17) is 0 Å². The van der Waals surface area contributed by atoms with Gasteiger partial charge in [0.15, 0.2) is 0 Å². The van der Waals surface area contributed by atoms with Crippen LogP contribution in [0.25, 0.3) is 10.9 Å². The number of pyridine rings is 1. The first-order valence-corrected chi connectivity index (χ1v) is 8.09. The van der Waals surface area contributed by atoms with Gasteiger partial charge in [-0.15, -0.1) is 24.8 Å². The number of carbonyl (C=O) groups excluding carboxylic acids is 1. The van der Waals surface area contributed by atoms with Gasteiger partial charge in [-0.1, -0.05) is 18.2 Å². The summed E-state index contributed by atoms with van der Waals surface area (Å²) in [6.07, 6.45) is 1.12. The molecule has 24 heavy (non-hydrogen) atoms. The summed E-state index contributed by atoms with van der Waals surface area (Å²) in [6, 6.07) is 9.86. The number of amides is 1. The first-order chi connectivity index (χ1) is 10.7. The number of likely N-dealkylation sites (tertiary alicyclic amines) is 1. The molecule has 1 amide bonds. The summed E-state index contributed by atoms with van der Waals surface area (Å²) < 4.78 is 0. The van der Waals surface area contributed by atoms with Gasteiger partial charge in [-0.05, 0) is 50.4 Å². The van der Waals surface area contributed by atoms with Crippen LogP contribution in [-0.4, -0.2) is 42.0 Å². The van der Waals surface area contributed by atoms with Crippen molar-refractivity contribution in [3.8, 4) is 0 Å². The van der Waals surface area contributed by atoms with E-state index >= 15 is 0 Å². The highest BCUT2D eigenvalue weighted by Gasteiger charge is 2.35. The van der Waals surface area contributed by atoms with Gasteiger partial charge < -0.3 is 10.2 Å². The standard InChI is InChI=1S/C18H21N3O.2ClH/c1-12-8-16(15-4-2-3-5-17(15)20-12)18(22)21-7-6-13-9-19-10-14(13)11-21;;/h2-5,8,13-14,19H,6-7,9-11H2,1H3;2*1H. The Kier molecular flexibility index (Phi) is 6.07. The molecule has 1 aromatic carbocycles. The third kappa shape index (κ3) is 3.37. The zero-order valence-electron chi connectivity index (χ0n) is 13.7. The molecule has 2 atom stereocenters. The molecule has 1 N–H and O–H groups in total. The van der Waals surface area contributed by atoms with E-state index in [2.05, 4.69) is 10.3 Å². The maximum Gasteiger partial charge on any atom is 0.254 e. The van der Waals surface area contributed by atoms with Crippen molar-refractivity contribution in [1.29, 1.82) is 0 Å². The number of nitrogens with one attached hydrogen (secondary N) is 1. The van der Waals surface area contributed by atoms with Crippen LogP contribution in [0.4, 0.5) is 0 Å². The van der Waals surface area contributed by atoms with Crippen LogP contribution >= 0.6 is 24.8 Å². The Hall–Kier alpha value is -1.36. The Labute approximate surface area is 154 Å². The maximum absolute atomic E-state index is 13.0. The van der Waals surface area contributed by atoms with E-state index in [1.54, 1.807) is 0 Å². The maximum atomic E-state index is 13.0. The van der Waals surface area contributed by atoms with Crippen LogP contribution < -0.4 is 5.32 Å². The highest BCUT2D eigenvalue weighted by atomic mass is 35.5. The Morgan fingerprint density at radius 2 is 1.96 bits per heavy atom. The van der Waals surface area contributed by atoms with Crippen LogP contribution in [0.5, 0.6) is 0 Å². The predicted molar refractivity (Wildman–Crippen MR) is 101 cm³/mol. The molecule has 2 saturated heterocycles. The molecule has 1 aromatic heterocycles. The summed E-state index contributed by atoms with van der Waals surface area (Å²) in [6.45, 7) is 5.87. The molecule has 0 radical (unpaired) electrons. The van der Waals surface area contributed by atoms with Crippen LogP contribution in [0.1, 0.15) is 22.5 Å². The Morgan fingerprint density at radius 3 is 2.79 bits per heavy atom. The van der Waals surface area contributed by atoms with Gasteiger partial charge in [0, 0.05) is 24.2 Å². The second kappa shape index (κ2) is 7.68. The number of piperidine rings is 1. The molecule has 0 aliphatic carbocycles. The molecular formula is C18H23Cl2N3O. The number of nitrogens with zero attached hydrogens (tertiary/aromatic N) is 2. The third-order valence-corrected chi connectivity index (χ3v) is 5.07. The molecule has 4 nitrogen and oxygen atoms in total. The lowest BCUT2D eigenvalue weighted by Crippen LogP contribution is -2.43. The molecule has 2 fully saturated rings. The van der Waals surface area contributed by atoms with Gasteiger partial charge in [0.05, 0.1) is 11.1 Å². The minimum Gasteiger partial charge on any atom is -0.338 e. The van der Waals surface area contributed by atoms with Crippen molar-refractivity contribution >= 4 is 41.6 Å². The van der Waals surface area contributed by atoms with Crippen LogP contribution in [-0.2, 0) is 0 Å². The van der Waals surface area contributed by atoms with Crippen molar-refractivity contribution in [2.75, 3.05) is 26.2 Å². The fourth-order valence-electron chi connectivity index (χ4n) is 3.87. The molecular weight excluding hydrogens is 345 g/mol. The predicted octanol–water partition coefficient (Wildman–Crippen LogP) is 3.07. The number of hydrogen-bond donors (Lipinski definition) is 1. The summed E-state index contributed by atoms with van der Waals surface area (Å²) in [5, 5.41) is 4.42. The second-order valence-corrected chi connectivity index (χ2v) is 6.55. The van der Waals surface area contributed by atoms with E-state index in [0.29, 0.717) is 5.92 Å². The number of carbonyl (C=O) groups is 1. The normalized spacial score (nSPS) is 22.5. The number of benzene rings is 1. The number of rotatable bonds is 1. The molecule has 6 heteroatoms. The van der Waals surface area contributed by atoms with Crippen LogP contribution in [0.15, 0.2) is 30.3 Å². The summed E-state index contributed by atoms with van der Waals surface area (Å²) in [5.74, 6) is 1.53. The summed E-state index contributed by atoms with van der Waals surface area (Å²) in [7, 11) is 0. The largest absolute Gasteiger partial charge is 0.338 e. The van der Waals surface area contributed by atoms with E-state index < -0.39 is 0 Å². The zero-order chi connectivity index (χ0) is 15.1. The number of fused-ring (bicyclic) bond motifs is 2. The molecule has 0 spiro atoms. The topological polar surface area (TPSA) is 45.2 Å². The molecule has 0 bridgehead atoms. The lowest BCUT2D eigenvalue weighted by molar-refractivity contribution is 0.0644. The summed E-state index contributed by atoms with van der Waals surface area (Å²) >= 11 is 0. The number of aryl methyl sites for hydroxylation is 1. The lowest BCUT2D eigenvalue weighted by atomic mass is 9.88. The molecule has 4 rings (SSSR count). The fourth-order valence-corrected chi connectivity index (χ4v) is 3.87. The first-order valence-electron chi connectivity index (χ1n) is 8.09. The summed E-state index contributed by atoms with van der Waals surface area (Å²) in [5.41, 5.74) is 2.61. The Morgan fingerprint density at radius 1 is 1.21 bits per heavy atom. The quantitative estimate of drug-likeness (QED) is 0.842. The zero-order valence-corrected chi connectivity index (χ0v) is 15.3. The van der Waals surface area contributed by atoms with Crippen molar-refractivity contribution in [2.45, 2.75) is 13.3 Å². The highest BCUT2D eigenvalue weighted by Crippen LogP contribution is 2.28. The van der Waals surface area contributed by atoms with Crippen molar-refractivity contribution < 1.29 is 4.79 Å². The number of hydrogen-bond acceptors (Lipinski definition) is 3. The van der Waals surface area contributed by atoms with Gasteiger partial charge in [0.1, 0.15) is 0 Å². The van der Waals surface area contributed by atoms with E-state index in [1.807, 2.05) is 42.2 Å². The van der Waals surface area contributed by atoms with E-state index in [1.165, 1.54) is 0 Å². The van der Waals surface area contributed by atoms with Crippen LogP contribution in [0.3, 0.4) is 0 Å². The van der Waals surface area contributed by atoms with Crippen LogP contribution in [0.2, 0.25) is 0 Å². The van der Waals surface area contributed by atoms with E-state index in [9.17, 15) is 4.79 Å². The molecule has 2 aliphatic heterocycles. The third-order valence-electron chi connectivity index (χ3n) is 5.07. The molecule has 0 saturated carbocycles. The molecule has 2 aromatic rings. The van der Waals surface area contributed by atoms with Crippen molar-refractivity contribution in [3.63, 3.8) is 0 Å². The van der Waals surface area contributed by atoms with E-state index in [-0.39, 0.29) is 30.7 Å². The number of para-hydroxylation sites is 1. The second-order valence-electron chi connectivity index (χ2n) is 6.55. The number of aromatic nitrogens is 1. The van der Waals surface area contributed by atoms with Crippen LogP contribution in [0, 0.1) is 18.8 Å². The van der Waals surface area contributed by atoms with E-state index in [0.717, 1.165) is 60.7 Å². The average molecular weight is 368 g/mol. The van der Waals surface area contributed by atoms with Gasteiger partial charge >= 0.3 is 0 Å². The van der Waals surface area contributed by atoms with Gasteiger partial charge in [0.25, 0.3) is 5.91 Å². The van der Waals surface area contributed by atoms with Gasteiger partial charge in [-0.25, -0.2) is 0 Å². The monoisotopic (exact) mass is 367 g/mol. The van der Waals surface area contributed by atoms with Gasteiger partial charge in [-0.2, -0.15) is 0 Å². The van der Waals surface area contributed by atoms with Gasteiger partial charge in [0.2, 0.25) is 0 Å². The molecule has 130 valence electrons. The van der Waals surface area contributed by atoms with Crippen molar-refractivity contribution in [2.24, 2.45) is 11.8 Å². The SMILES string of the molecule is Cc1cc(C(=O)N2CCC3CNCC3C2)c2ccccc2n1.Cl.Cl. The minimum absolute atomic E-state index is 0. The van der Waals surface area contributed by atoms with Crippen molar-refractivity contribution in [1.82, 2.24) is 15.2 Å². The fraction of sp³-hybridized carbons (Fsp3) is 0.444. The smallest absolute Gasteiger partial charge is 0.254 e. The molecule has 3 heterocycles. The number of halogens is 2. The minimum atomic E-state index is 0. The average Bonchev–Trinajstić information content (AvgIpc) is 3.00. The Bertz CT molecular complexity index is 737. The summed E-state index contributed by atoms with van der Waals surface area (Å²) in [4.78, 5) is 19.6. The first kappa shape index (κ1) is 19.0.